The second-order valence-corrected chi connectivity index (χ2v) is 4.16. The number of carboxylic acids is 1. The molecule has 0 bridgehead atoms. The first-order valence-electron chi connectivity index (χ1n) is 6.41. The van der Waals surface area contributed by atoms with Crippen molar-refractivity contribution in [3.8, 4) is 5.75 Å². The van der Waals surface area contributed by atoms with E-state index in [1.165, 1.54) is 4.90 Å². The second-order valence-electron chi connectivity index (χ2n) is 4.16. The number of aliphatic hydroxyl groups is 1. The van der Waals surface area contributed by atoms with Crippen LogP contribution in [-0.2, 0) is 9.59 Å². The number of carboxylic acid groups (broad SMARTS) is 1. The summed E-state index contributed by atoms with van der Waals surface area (Å²) >= 11 is 0. The fourth-order valence-electron chi connectivity index (χ4n) is 1.64. The molecule has 0 fully saturated rings. The van der Waals surface area contributed by atoms with Crippen LogP contribution in [0, 0.1) is 0 Å². The third kappa shape index (κ3) is 6.19. The predicted octanol–water partition coefficient (Wildman–Crippen LogP) is 0.751. The lowest BCUT2D eigenvalue weighted by molar-refractivity contribution is -0.138. The van der Waals surface area contributed by atoms with Crippen molar-refractivity contribution < 1.29 is 24.5 Å². The molecule has 1 amide bonds. The number of nitrogens with zero attached hydrogens (tertiary/aromatic N) is 1. The van der Waals surface area contributed by atoms with Crippen molar-refractivity contribution in [1.82, 2.24) is 4.90 Å². The van der Waals surface area contributed by atoms with Gasteiger partial charge in [0.25, 0.3) is 0 Å². The summed E-state index contributed by atoms with van der Waals surface area (Å²) in [5, 5.41) is 17.5. The molecule has 0 saturated heterocycles. The van der Waals surface area contributed by atoms with Gasteiger partial charge in [0.1, 0.15) is 5.75 Å². The second kappa shape index (κ2) is 8.92. The molecule has 0 aliphatic heterocycles. The van der Waals surface area contributed by atoms with E-state index in [2.05, 4.69) is 0 Å². The minimum absolute atomic E-state index is 0.0973. The molecular formula is C14H19NO5. The van der Waals surface area contributed by atoms with Gasteiger partial charge in [-0.15, -0.1) is 0 Å². The van der Waals surface area contributed by atoms with E-state index in [9.17, 15) is 9.59 Å². The summed E-state index contributed by atoms with van der Waals surface area (Å²) in [6.07, 6.45) is 0.0137. The zero-order valence-corrected chi connectivity index (χ0v) is 11.2. The topological polar surface area (TPSA) is 87.1 Å². The Morgan fingerprint density at radius 2 is 1.80 bits per heavy atom. The van der Waals surface area contributed by atoms with Crippen molar-refractivity contribution in [3.05, 3.63) is 30.3 Å². The van der Waals surface area contributed by atoms with E-state index in [1.807, 2.05) is 18.2 Å². The average molecular weight is 281 g/mol. The van der Waals surface area contributed by atoms with Gasteiger partial charge < -0.3 is 19.8 Å². The fourth-order valence-corrected chi connectivity index (χ4v) is 1.64. The van der Waals surface area contributed by atoms with E-state index >= 15 is 0 Å². The van der Waals surface area contributed by atoms with Crippen LogP contribution in [0.2, 0.25) is 0 Å². The van der Waals surface area contributed by atoms with Gasteiger partial charge in [-0.25, -0.2) is 0 Å². The first-order chi connectivity index (χ1) is 9.63. The zero-order chi connectivity index (χ0) is 14.8. The summed E-state index contributed by atoms with van der Waals surface area (Å²) < 4.78 is 5.40. The van der Waals surface area contributed by atoms with Gasteiger partial charge in [-0.3, -0.25) is 9.59 Å². The largest absolute Gasteiger partial charge is 0.493 e. The highest BCUT2D eigenvalue weighted by Crippen LogP contribution is 2.08. The van der Waals surface area contributed by atoms with Gasteiger partial charge in [-0.2, -0.15) is 0 Å². The standard InChI is InChI=1S/C14H19NO5/c16-10-9-15(8-6-14(18)19)13(17)7-11-20-12-4-2-1-3-5-12/h1-5,16H,6-11H2,(H,18,19). The highest BCUT2D eigenvalue weighted by Gasteiger charge is 2.14. The molecule has 0 aromatic heterocycles. The van der Waals surface area contributed by atoms with Crippen LogP contribution in [-0.4, -0.2) is 53.3 Å². The number of hydrogen-bond donors (Lipinski definition) is 2. The van der Waals surface area contributed by atoms with E-state index in [1.54, 1.807) is 12.1 Å². The lowest BCUT2D eigenvalue weighted by Crippen LogP contribution is -2.36. The highest BCUT2D eigenvalue weighted by molar-refractivity contribution is 5.77. The lowest BCUT2D eigenvalue weighted by atomic mass is 10.3. The molecule has 0 atom stereocenters. The Kier molecular flexibility index (Phi) is 7.13. The molecule has 0 aliphatic rings. The first kappa shape index (κ1) is 16.0. The van der Waals surface area contributed by atoms with Crippen LogP contribution in [0.4, 0.5) is 0 Å². The third-order valence-corrected chi connectivity index (χ3v) is 2.65. The number of amides is 1. The predicted molar refractivity (Wildman–Crippen MR) is 72.5 cm³/mol. The van der Waals surface area contributed by atoms with Gasteiger partial charge in [0.15, 0.2) is 0 Å². The number of benzene rings is 1. The van der Waals surface area contributed by atoms with Crippen LogP contribution in [0.15, 0.2) is 30.3 Å². The van der Waals surface area contributed by atoms with Crippen molar-refractivity contribution in [2.24, 2.45) is 0 Å². The SMILES string of the molecule is O=C(O)CCN(CCO)C(=O)CCOc1ccccc1. The molecule has 6 nitrogen and oxygen atoms in total. The van der Waals surface area contributed by atoms with Gasteiger partial charge in [-0.1, -0.05) is 18.2 Å². The van der Waals surface area contributed by atoms with Crippen LogP contribution in [0.3, 0.4) is 0 Å². The molecule has 20 heavy (non-hydrogen) atoms. The van der Waals surface area contributed by atoms with Gasteiger partial charge >= 0.3 is 5.97 Å². The summed E-state index contributed by atoms with van der Waals surface area (Å²) in [5.74, 6) is -0.517. The van der Waals surface area contributed by atoms with Crippen molar-refractivity contribution >= 4 is 11.9 Å². The Morgan fingerprint density at radius 1 is 1.10 bits per heavy atom. The number of aliphatic hydroxyl groups excluding tert-OH is 1. The number of rotatable bonds is 9. The highest BCUT2D eigenvalue weighted by atomic mass is 16.5. The maximum Gasteiger partial charge on any atom is 0.305 e. The quantitative estimate of drug-likeness (QED) is 0.697. The Bertz CT molecular complexity index is 421. The Labute approximate surface area is 117 Å². The lowest BCUT2D eigenvalue weighted by Gasteiger charge is -2.21. The number of ether oxygens (including phenoxy) is 1. The monoisotopic (exact) mass is 281 g/mol. The molecule has 0 unspecified atom stereocenters. The van der Waals surface area contributed by atoms with E-state index in [0.29, 0.717) is 5.75 Å². The molecular weight excluding hydrogens is 262 g/mol. The number of carbonyl (C=O) groups excluding carboxylic acids is 1. The molecule has 1 rings (SSSR count). The van der Waals surface area contributed by atoms with Gasteiger partial charge in [0.2, 0.25) is 5.91 Å². The molecule has 0 heterocycles. The minimum Gasteiger partial charge on any atom is -0.493 e. The molecule has 0 saturated carbocycles. The first-order valence-corrected chi connectivity index (χ1v) is 6.41. The van der Waals surface area contributed by atoms with Gasteiger partial charge in [-0.05, 0) is 12.1 Å². The smallest absolute Gasteiger partial charge is 0.305 e. The van der Waals surface area contributed by atoms with Crippen molar-refractivity contribution in [2.45, 2.75) is 12.8 Å². The zero-order valence-electron chi connectivity index (χ0n) is 11.2. The van der Waals surface area contributed by atoms with Crippen LogP contribution in [0.5, 0.6) is 5.75 Å². The summed E-state index contributed by atoms with van der Waals surface area (Å²) in [6, 6.07) is 9.12. The molecule has 6 heteroatoms. The van der Waals surface area contributed by atoms with Crippen LogP contribution in [0.1, 0.15) is 12.8 Å². The van der Waals surface area contributed by atoms with Gasteiger partial charge in [0.05, 0.1) is 26.1 Å². The maximum absolute atomic E-state index is 11.9. The van der Waals surface area contributed by atoms with Crippen molar-refractivity contribution in [1.29, 1.82) is 0 Å². The average Bonchev–Trinajstić information content (AvgIpc) is 2.44. The third-order valence-electron chi connectivity index (χ3n) is 2.65. The van der Waals surface area contributed by atoms with E-state index in [0.717, 1.165) is 0 Å². The number of para-hydroxylation sites is 1. The number of aliphatic carboxylic acids is 1. The Balaban J connectivity index is 2.35. The fraction of sp³-hybridized carbons (Fsp3) is 0.429. The number of hydrogen-bond acceptors (Lipinski definition) is 4. The molecule has 110 valence electrons. The van der Waals surface area contributed by atoms with Crippen molar-refractivity contribution in [3.63, 3.8) is 0 Å². The molecule has 2 N–H and O–H groups in total. The van der Waals surface area contributed by atoms with Crippen LogP contribution < -0.4 is 4.74 Å². The van der Waals surface area contributed by atoms with E-state index < -0.39 is 5.97 Å². The minimum atomic E-state index is -0.971. The Hall–Kier alpha value is -2.08. The van der Waals surface area contributed by atoms with Crippen LogP contribution >= 0.6 is 0 Å². The maximum atomic E-state index is 11.9. The molecule has 1 aromatic carbocycles. The summed E-state index contributed by atoms with van der Waals surface area (Å²) in [4.78, 5) is 23.7. The summed E-state index contributed by atoms with van der Waals surface area (Å²) in [6.45, 7) is 0.264. The summed E-state index contributed by atoms with van der Waals surface area (Å²) in [5.41, 5.74) is 0. The molecule has 0 spiro atoms. The van der Waals surface area contributed by atoms with E-state index in [4.69, 9.17) is 14.9 Å². The van der Waals surface area contributed by atoms with E-state index in [-0.39, 0.29) is 45.1 Å². The summed E-state index contributed by atoms with van der Waals surface area (Å²) in [7, 11) is 0. The molecule has 1 aromatic rings. The molecule has 0 radical (unpaired) electrons. The normalized spacial score (nSPS) is 10.1. The van der Waals surface area contributed by atoms with Gasteiger partial charge in [0, 0.05) is 13.1 Å². The van der Waals surface area contributed by atoms with Crippen molar-refractivity contribution in [2.75, 3.05) is 26.3 Å². The Morgan fingerprint density at radius 3 is 2.40 bits per heavy atom. The molecule has 0 aliphatic carbocycles. The number of carbonyl (C=O) groups is 2. The van der Waals surface area contributed by atoms with Crippen LogP contribution in [0.25, 0.3) is 0 Å².